The largest absolute Gasteiger partial charge is 0.384 e. The number of hydrogen-bond donors (Lipinski definition) is 1. The zero-order chi connectivity index (χ0) is 12.5. The Morgan fingerprint density at radius 1 is 1.39 bits per heavy atom. The molecule has 2 fully saturated rings. The lowest BCUT2D eigenvalue weighted by Crippen LogP contribution is -2.39. The lowest BCUT2D eigenvalue weighted by molar-refractivity contribution is 0.176. The van der Waals surface area contributed by atoms with E-state index in [0.29, 0.717) is 5.82 Å². The van der Waals surface area contributed by atoms with Gasteiger partial charge in [0.25, 0.3) is 0 Å². The van der Waals surface area contributed by atoms with Crippen LogP contribution in [0.4, 0.5) is 5.82 Å². The summed E-state index contributed by atoms with van der Waals surface area (Å²) in [5.74, 6) is 1.52. The maximum atomic E-state index is 5.62. The van der Waals surface area contributed by atoms with Gasteiger partial charge in [-0.1, -0.05) is 6.07 Å². The van der Waals surface area contributed by atoms with Gasteiger partial charge in [-0.25, -0.2) is 4.98 Å². The molecule has 4 nitrogen and oxygen atoms in total. The highest BCUT2D eigenvalue weighted by Crippen LogP contribution is 2.29. The van der Waals surface area contributed by atoms with Gasteiger partial charge in [-0.15, -0.1) is 0 Å². The van der Waals surface area contributed by atoms with Crippen molar-refractivity contribution in [1.29, 1.82) is 0 Å². The van der Waals surface area contributed by atoms with E-state index in [2.05, 4.69) is 27.9 Å². The minimum absolute atomic E-state index is 0.605. The fraction of sp³-hybridized carbons (Fsp3) is 0.643. The van der Waals surface area contributed by atoms with E-state index in [-0.39, 0.29) is 0 Å². The van der Waals surface area contributed by atoms with Gasteiger partial charge < -0.3 is 10.6 Å². The van der Waals surface area contributed by atoms with E-state index in [9.17, 15) is 0 Å². The highest BCUT2D eigenvalue weighted by molar-refractivity contribution is 5.29. The molecule has 98 valence electrons. The summed E-state index contributed by atoms with van der Waals surface area (Å²) in [7, 11) is 2.26. The Balaban J connectivity index is 1.64. The number of nitrogen functional groups attached to an aromatic ring is 1. The van der Waals surface area contributed by atoms with Gasteiger partial charge in [-0.3, -0.25) is 4.90 Å². The number of nitrogens with zero attached hydrogens (tertiary/aromatic N) is 3. The molecular formula is C14H22N4. The van der Waals surface area contributed by atoms with E-state index in [4.69, 9.17) is 5.73 Å². The van der Waals surface area contributed by atoms with Gasteiger partial charge in [0, 0.05) is 31.9 Å². The predicted octanol–water partition coefficient (Wildman–Crippen LogP) is 1.19. The van der Waals surface area contributed by atoms with Crippen molar-refractivity contribution in [3.63, 3.8) is 0 Å². The van der Waals surface area contributed by atoms with E-state index < -0.39 is 0 Å². The van der Waals surface area contributed by atoms with Crippen molar-refractivity contribution < 1.29 is 0 Å². The minimum Gasteiger partial charge on any atom is -0.384 e. The monoisotopic (exact) mass is 246 g/mol. The molecule has 0 amide bonds. The van der Waals surface area contributed by atoms with Crippen LogP contribution in [0.1, 0.15) is 18.4 Å². The molecule has 0 aromatic carbocycles. The van der Waals surface area contributed by atoms with Crippen LogP contribution in [0, 0.1) is 5.92 Å². The lowest BCUT2D eigenvalue weighted by atomic mass is 10.0. The van der Waals surface area contributed by atoms with Crippen molar-refractivity contribution in [1.82, 2.24) is 14.8 Å². The molecule has 18 heavy (non-hydrogen) atoms. The molecule has 0 radical (unpaired) electrons. The number of likely N-dealkylation sites (tertiary alicyclic amines) is 2. The van der Waals surface area contributed by atoms with Crippen LogP contribution in [0.15, 0.2) is 18.3 Å². The molecule has 4 heteroatoms. The third kappa shape index (κ3) is 2.49. The average Bonchev–Trinajstić information content (AvgIpc) is 2.57. The summed E-state index contributed by atoms with van der Waals surface area (Å²) in [6.07, 6.45) is 4.62. The second kappa shape index (κ2) is 4.86. The van der Waals surface area contributed by atoms with Gasteiger partial charge in [0.05, 0.1) is 0 Å². The van der Waals surface area contributed by atoms with Crippen LogP contribution in [0.3, 0.4) is 0 Å². The molecule has 2 saturated heterocycles. The number of fused-ring (bicyclic) bond motifs is 2. The molecule has 3 rings (SSSR count). The first-order valence-electron chi connectivity index (χ1n) is 6.83. The fourth-order valence-corrected chi connectivity index (χ4v) is 3.30. The van der Waals surface area contributed by atoms with E-state index >= 15 is 0 Å². The normalized spacial score (nSPS) is 29.4. The summed E-state index contributed by atoms with van der Waals surface area (Å²) in [6.45, 7) is 4.71. The number of anilines is 1. The zero-order valence-electron chi connectivity index (χ0n) is 11.0. The van der Waals surface area contributed by atoms with Gasteiger partial charge >= 0.3 is 0 Å². The first-order valence-corrected chi connectivity index (χ1v) is 6.83. The van der Waals surface area contributed by atoms with Crippen molar-refractivity contribution in [3.8, 4) is 0 Å². The molecule has 0 spiro atoms. The summed E-state index contributed by atoms with van der Waals surface area (Å²) >= 11 is 0. The quantitative estimate of drug-likeness (QED) is 0.851. The summed E-state index contributed by atoms with van der Waals surface area (Å²) in [5.41, 5.74) is 6.89. The Hall–Kier alpha value is -1.13. The number of hydrogen-bond acceptors (Lipinski definition) is 4. The maximum Gasteiger partial charge on any atom is 0.123 e. The van der Waals surface area contributed by atoms with Crippen molar-refractivity contribution in [2.75, 3.05) is 32.4 Å². The Morgan fingerprint density at radius 3 is 3.06 bits per heavy atom. The van der Waals surface area contributed by atoms with Gasteiger partial charge in [0.15, 0.2) is 0 Å². The third-order valence-electron chi connectivity index (χ3n) is 4.35. The summed E-state index contributed by atoms with van der Waals surface area (Å²) in [5, 5.41) is 0. The van der Waals surface area contributed by atoms with E-state index in [0.717, 1.165) is 18.5 Å². The van der Waals surface area contributed by atoms with Gasteiger partial charge in [0.2, 0.25) is 0 Å². The smallest absolute Gasteiger partial charge is 0.123 e. The van der Waals surface area contributed by atoms with Crippen LogP contribution < -0.4 is 5.73 Å². The zero-order valence-corrected chi connectivity index (χ0v) is 11.0. The number of likely N-dealkylation sites (N-methyl/N-ethyl adjacent to an activating group) is 1. The van der Waals surface area contributed by atoms with E-state index in [1.54, 1.807) is 0 Å². The molecule has 2 aliphatic rings. The van der Waals surface area contributed by atoms with E-state index in [1.807, 2.05) is 12.3 Å². The molecule has 2 N–H and O–H groups in total. The average molecular weight is 246 g/mol. The second-order valence-corrected chi connectivity index (χ2v) is 5.81. The summed E-state index contributed by atoms with van der Waals surface area (Å²) in [6, 6.07) is 4.74. The Kier molecular flexibility index (Phi) is 3.22. The molecular weight excluding hydrogens is 224 g/mol. The summed E-state index contributed by atoms with van der Waals surface area (Å²) in [4.78, 5) is 9.26. The topological polar surface area (TPSA) is 45.4 Å². The summed E-state index contributed by atoms with van der Waals surface area (Å²) < 4.78 is 0. The number of aromatic nitrogens is 1. The molecule has 3 heterocycles. The molecule has 0 aliphatic carbocycles. The van der Waals surface area contributed by atoms with Crippen molar-refractivity contribution >= 4 is 5.82 Å². The Bertz CT molecular complexity index is 403. The Labute approximate surface area is 109 Å². The minimum atomic E-state index is 0.605. The van der Waals surface area contributed by atoms with Crippen LogP contribution in [0.25, 0.3) is 0 Å². The van der Waals surface area contributed by atoms with Crippen molar-refractivity contribution in [3.05, 3.63) is 23.9 Å². The predicted molar refractivity (Wildman–Crippen MR) is 73.1 cm³/mol. The number of pyridine rings is 1. The first-order chi connectivity index (χ1) is 8.70. The lowest BCUT2D eigenvalue weighted by Gasteiger charge is -2.29. The second-order valence-electron chi connectivity index (χ2n) is 5.81. The SMILES string of the molecule is CN1CC2CCN(Cc3ccc(N)nc3)CC1C2. The molecule has 2 aliphatic heterocycles. The standard InChI is InChI=1S/C14H22N4/c1-17-8-11-4-5-18(10-13(17)6-11)9-12-2-3-14(15)16-7-12/h2-3,7,11,13H,4-6,8-10H2,1H3,(H2,15,16). The number of nitrogens with two attached hydrogens (primary N) is 1. The molecule has 0 saturated carbocycles. The van der Waals surface area contributed by atoms with Crippen LogP contribution >= 0.6 is 0 Å². The van der Waals surface area contributed by atoms with Gasteiger partial charge in [0.1, 0.15) is 5.82 Å². The third-order valence-corrected chi connectivity index (χ3v) is 4.35. The van der Waals surface area contributed by atoms with Crippen LogP contribution in [-0.4, -0.2) is 47.5 Å². The van der Waals surface area contributed by atoms with E-state index in [1.165, 1.54) is 38.0 Å². The molecule has 1 aromatic heterocycles. The highest BCUT2D eigenvalue weighted by atomic mass is 15.2. The molecule has 2 atom stereocenters. The van der Waals surface area contributed by atoms with Crippen molar-refractivity contribution in [2.24, 2.45) is 5.92 Å². The highest BCUT2D eigenvalue weighted by Gasteiger charge is 2.33. The van der Waals surface area contributed by atoms with Crippen LogP contribution in [0.5, 0.6) is 0 Å². The number of rotatable bonds is 2. The van der Waals surface area contributed by atoms with Gasteiger partial charge in [-0.2, -0.15) is 0 Å². The van der Waals surface area contributed by atoms with Crippen molar-refractivity contribution in [2.45, 2.75) is 25.4 Å². The molecule has 2 unspecified atom stereocenters. The molecule has 1 aromatic rings. The molecule has 2 bridgehead atoms. The Morgan fingerprint density at radius 2 is 2.28 bits per heavy atom. The van der Waals surface area contributed by atoms with Crippen LogP contribution in [0.2, 0.25) is 0 Å². The fourth-order valence-electron chi connectivity index (χ4n) is 3.30. The van der Waals surface area contributed by atoms with Crippen LogP contribution in [-0.2, 0) is 6.54 Å². The van der Waals surface area contributed by atoms with Gasteiger partial charge in [-0.05, 0) is 44.0 Å². The maximum absolute atomic E-state index is 5.62. The first kappa shape index (κ1) is 11.9.